The first-order valence-corrected chi connectivity index (χ1v) is 11.7. The van der Waals surface area contributed by atoms with Crippen molar-refractivity contribution in [2.24, 2.45) is 0 Å². The molecule has 2 amide bonds. The second-order valence-electron chi connectivity index (χ2n) is 7.67. The second kappa shape index (κ2) is 9.54. The van der Waals surface area contributed by atoms with Gasteiger partial charge in [-0.1, -0.05) is 31.2 Å². The zero-order valence-corrected chi connectivity index (χ0v) is 17.4. The molecule has 0 aromatic heterocycles. The summed E-state index contributed by atoms with van der Waals surface area (Å²) in [7, 11) is -3.48. The zero-order chi connectivity index (χ0) is 20.9. The molecule has 2 heterocycles. The minimum Gasteiger partial charge on any atom is -0.349 e. The first-order chi connectivity index (χ1) is 13.9. The molecule has 1 unspecified atom stereocenters. The van der Waals surface area contributed by atoms with E-state index in [2.05, 4.69) is 11.9 Å². The van der Waals surface area contributed by atoms with E-state index in [0.29, 0.717) is 44.6 Å². The lowest BCUT2D eigenvalue weighted by molar-refractivity contribution is -0.117. The van der Waals surface area contributed by atoms with Crippen molar-refractivity contribution in [2.75, 3.05) is 26.2 Å². The van der Waals surface area contributed by atoms with Crippen LogP contribution in [0.25, 0.3) is 0 Å². The molecule has 3 rings (SSSR count). The summed E-state index contributed by atoms with van der Waals surface area (Å²) in [6.07, 6.45) is 4.49. The van der Waals surface area contributed by atoms with Crippen LogP contribution in [0.1, 0.15) is 42.5 Å². The quantitative estimate of drug-likeness (QED) is 0.737. The Morgan fingerprint density at radius 2 is 1.72 bits per heavy atom. The van der Waals surface area contributed by atoms with E-state index in [1.165, 1.54) is 10.4 Å². The Balaban J connectivity index is 1.62. The van der Waals surface area contributed by atoms with E-state index >= 15 is 0 Å². The lowest BCUT2D eigenvalue weighted by atomic mass is 10.1. The summed E-state index contributed by atoms with van der Waals surface area (Å²) in [6, 6.07) is 8.87. The van der Waals surface area contributed by atoms with Crippen LogP contribution in [0.4, 0.5) is 0 Å². The van der Waals surface area contributed by atoms with Gasteiger partial charge in [0.2, 0.25) is 15.9 Å². The highest BCUT2D eigenvalue weighted by atomic mass is 32.2. The summed E-state index contributed by atoms with van der Waals surface area (Å²) < 4.78 is 28.0. The topological polar surface area (TPSA) is 86.8 Å². The van der Waals surface area contributed by atoms with E-state index in [0.717, 1.165) is 19.3 Å². The molecular formula is C21H29N3O4S. The Bertz CT molecular complexity index is 833. The predicted octanol–water partition coefficient (Wildman–Crippen LogP) is 1.78. The maximum absolute atomic E-state index is 13.2. The highest BCUT2D eigenvalue weighted by Crippen LogP contribution is 2.25. The van der Waals surface area contributed by atoms with Crippen LogP contribution in [0.3, 0.4) is 0 Å². The average Bonchev–Trinajstić information content (AvgIpc) is 3.00. The summed E-state index contributed by atoms with van der Waals surface area (Å²) in [6.45, 7) is 5.10. The van der Waals surface area contributed by atoms with E-state index in [-0.39, 0.29) is 17.9 Å². The van der Waals surface area contributed by atoms with Crippen LogP contribution in [-0.2, 0) is 14.8 Å². The Kier molecular flexibility index (Phi) is 7.08. The number of benzene rings is 1. The fourth-order valence-corrected chi connectivity index (χ4v) is 6.05. The molecule has 2 aliphatic heterocycles. The van der Waals surface area contributed by atoms with E-state index in [1.54, 1.807) is 17.0 Å². The van der Waals surface area contributed by atoms with Gasteiger partial charge in [0.05, 0.1) is 5.25 Å². The van der Waals surface area contributed by atoms with Crippen molar-refractivity contribution in [1.29, 1.82) is 0 Å². The van der Waals surface area contributed by atoms with Crippen molar-refractivity contribution in [1.82, 2.24) is 14.5 Å². The lowest BCUT2D eigenvalue weighted by Crippen LogP contribution is -2.50. The Hall–Kier alpha value is -2.19. The van der Waals surface area contributed by atoms with Gasteiger partial charge in [0, 0.05) is 37.8 Å². The molecule has 0 spiro atoms. The van der Waals surface area contributed by atoms with Crippen LogP contribution in [0, 0.1) is 0 Å². The number of carbonyl (C=O) groups excluding carboxylic acids is 2. The summed E-state index contributed by atoms with van der Waals surface area (Å²) in [4.78, 5) is 26.0. The van der Waals surface area contributed by atoms with E-state index in [4.69, 9.17) is 0 Å². The van der Waals surface area contributed by atoms with E-state index < -0.39 is 15.3 Å². The Labute approximate surface area is 172 Å². The van der Waals surface area contributed by atoms with Crippen molar-refractivity contribution in [3.8, 4) is 0 Å². The molecular weight excluding hydrogens is 390 g/mol. The molecule has 8 heteroatoms. The number of amides is 2. The number of carbonyl (C=O) groups is 2. The van der Waals surface area contributed by atoms with Gasteiger partial charge >= 0.3 is 0 Å². The molecule has 0 radical (unpaired) electrons. The monoisotopic (exact) mass is 419 g/mol. The predicted molar refractivity (Wildman–Crippen MR) is 112 cm³/mol. The molecule has 1 aromatic rings. The Morgan fingerprint density at radius 1 is 1.03 bits per heavy atom. The molecule has 1 atom stereocenters. The van der Waals surface area contributed by atoms with Crippen LogP contribution in [0.5, 0.6) is 0 Å². The van der Waals surface area contributed by atoms with Crippen molar-refractivity contribution < 1.29 is 18.0 Å². The van der Waals surface area contributed by atoms with Crippen molar-refractivity contribution in [3.63, 3.8) is 0 Å². The molecule has 0 bridgehead atoms. The van der Waals surface area contributed by atoms with Crippen LogP contribution < -0.4 is 5.32 Å². The molecule has 7 nitrogen and oxygen atoms in total. The van der Waals surface area contributed by atoms with Gasteiger partial charge in [-0.3, -0.25) is 9.59 Å². The minimum atomic E-state index is -3.48. The first kappa shape index (κ1) is 21.5. The zero-order valence-electron chi connectivity index (χ0n) is 16.6. The standard InChI is InChI=1S/C21H29N3O4S/c1-2-20(25)22-18-10-6-7-13-24(16-18)29(27,28)19-11-14-23(15-12-19)21(26)17-8-4-3-5-9-17/h2-5,8-9,18-19H,1,6-7,10-16H2,(H,22,25). The lowest BCUT2D eigenvalue weighted by Gasteiger charge is -2.35. The van der Waals surface area contributed by atoms with Gasteiger partial charge in [-0.15, -0.1) is 0 Å². The number of nitrogens with one attached hydrogen (secondary N) is 1. The molecule has 2 aliphatic rings. The number of hydrogen-bond acceptors (Lipinski definition) is 4. The number of piperidine rings is 1. The maximum atomic E-state index is 13.2. The third kappa shape index (κ3) is 5.25. The third-order valence-electron chi connectivity index (χ3n) is 5.70. The highest BCUT2D eigenvalue weighted by Gasteiger charge is 2.37. The molecule has 1 aromatic carbocycles. The number of nitrogens with zero attached hydrogens (tertiary/aromatic N) is 2. The first-order valence-electron chi connectivity index (χ1n) is 10.2. The maximum Gasteiger partial charge on any atom is 0.253 e. The SMILES string of the molecule is C=CC(=O)NC1CCCCN(S(=O)(=O)C2CCN(C(=O)c3ccccc3)CC2)C1. The summed E-state index contributed by atoms with van der Waals surface area (Å²) >= 11 is 0. The van der Waals surface area contributed by atoms with E-state index in [1.807, 2.05) is 18.2 Å². The largest absolute Gasteiger partial charge is 0.349 e. The highest BCUT2D eigenvalue weighted by molar-refractivity contribution is 7.89. The summed E-state index contributed by atoms with van der Waals surface area (Å²) in [5.74, 6) is -0.328. The number of likely N-dealkylation sites (tertiary alicyclic amines) is 1. The molecule has 1 N–H and O–H groups in total. The van der Waals surface area contributed by atoms with Crippen molar-refractivity contribution in [3.05, 3.63) is 48.6 Å². The van der Waals surface area contributed by atoms with Gasteiger partial charge < -0.3 is 10.2 Å². The molecule has 158 valence electrons. The molecule has 0 saturated carbocycles. The van der Waals surface area contributed by atoms with Crippen LogP contribution >= 0.6 is 0 Å². The minimum absolute atomic E-state index is 0.0524. The molecule has 2 saturated heterocycles. The smallest absolute Gasteiger partial charge is 0.253 e. The normalized spacial score (nSPS) is 21.9. The van der Waals surface area contributed by atoms with Crippen LogP contribution in [0.2, 0.25) is 0 Å². The number of rotatable bonds is 5. The third-order valence-corrected chi connectivity index (χ3v) is 8.06. The average molecular weight is 420 g/mol. The molecule has 2 fully saturated rings. The number of hydrogen-bond donors (Lipinski definition) is 1. The van der Waals surface area contributed by atoms with Crippen molar-refractivity contribution in [2.45, 2.75) is 43.4 Å². The molecule has 29 heavy (non-hydrogen) atoms. The van der Waals surface area contributed by atoms with Crippen LogP contribution in [-0.4, -0.2) is 66.9 Å². The van der Waals surface area contributed by atoms with Gasteiger partial charge in [-0.25, -0.2) is 8.42 Å². The Morgan fingerprint density at radius 3 is 2.38 bits per heavy atom. The van der Waals surface area contributed by atoms with Gasteiger partial charge in [0.1, 0.15) is 0 Å². The summed E-state index contributed by atoms with van der Waals surface area (Å²) in [5.41, 5.74) is 0.627. The van der Waals surface area contributed by atoms with Gasteiger partial charge in [0.15, 0.2) is 0 Å². The number of sulfonamides is 1. The fourth-order valence-electron chi connectivity index (χ4n) is 4.05. The second-order valence-corrected chi connectivity index (χ2v) is 9.88. The van der Waals surface area contributed by atoms with Gasteiger partial charge in [-0.2, -0.15) is 4.31 Å². The molecule has 0 aliphatic carbocycles. The fraction of sp³-hybridized carbons (Fsp3) is 0.524. The van der Waals surface area contributed by atoms with Gasteiger partial charge in [-0.05, 0) is 43.9 Å². The van der Waals surface area contributed by atoms with Crippen molar-refractivity contribution >= 4 is 21.8 Å². The van der Waals surface area contributed by atoms with Gasteiger partial charge in [0.25, 0.3) is 5.91 Å². The van der Waals surface area contributed by atoms with E-state index in [9.17, 15) is 18.0 Å². The van der Waals surface area contributed by atoms with Crippen LogP contribution in [0.15, 0.2) is 43.0 Å². The summed E-state index contributed by atoms with van der Waals surface area (Å²) in [5, 5.41) is 2.35.